The smallest absolute Gasteiger partial charge is 0.119 e. The second-order valence-corrected chi connectivity index (χ2v) is 8.59. The van der Waals surface area contributed by atoms with Crippen LogP contribution in [0.15, 0.2) is 48.5 Å². The molecule has 168 valence electrons. The second kappa shape index (κ2) is 9.57. The number of hydrogen-bond acceptors (Lipinski definition) is 6. The van der Waals surface area contributed by atoms with Gasteiger partial charge in [0.05, 0.1) is 13.2 Å². The minimum atomic E-state index is -0.148. The standard InChI is InChI=1S/C25H32O6/c1-25(2,17-5-9-19(10-6-17)28-13-21(26-3)23-15-30-23)18-7-11-20(12-8-18)29-14-22(27-4)24-16-31-24/h5-12,21-24H,13-16H2,1-4H3. The summed E-state index contributed by atoms with van der Waals surface area (Å²) in [4.78, 5) is 0. The summed E-state index contributed by atoms with van der Waals surface area (Å²) in [6, 6.07) is 16.5. The van der Waals surface area contributed by atoms with Crippen molar-refractivity contribution in [2.24, 2.45) is 0 Å². The van der Waals surface area contributed by atoms with Crippen LogP contribution in [-0.4, -0.2) is 65.1 Å². The van der Waals surface area contributed by atoms with E-state index in [4.69, 9.17) is 28.4 Å². The third kappa shape index (κ3) is 5.57. The molecular weight excluding hydrogens is 396 g/mol. The van der Waals surface area contributed by atoms with E-state index in [9.17, 15) is 0 Å². The van der Waals surface area contributed by atoms with Gasteiger partial charge in [0.2, 0.25) is 0 Å². The Hall–Kier alpha value is -2.12. The summed E-state index contributed by atoms with van der Waals surface area (Å²) in [7, 11) is 3.38. The molecule has 2 heterocycles. The number of hydrogen-bond donors (Lipinski definition) is 0. The number of epoxide rings is 2. The van der Waals surface area contributed by atoms with Crippen molar-refractivity contribution in [3.63, 3.8) is 0 Å². The molecule has 4 rings (SSSR count). The molecule has 0 bridgehead atoms. The summed E-state index contributed by atoms with van der Waals surface area (Å²) in [5, 5.41) is 0. The molecule has 0 amide bonds. The monoisotopic (exact) mass is 428 g/mol. The van der Waals surface area contributed by atoms with Crippen molar-refractivity contribution >= 4 is 0 Å². The van der Waals surface area contributed by atoms with Crippen molar-refractivity contribution in [3.8, 4) is 11.5 Å². The van der Waals surface area contributed by atoms with E-state index in [2.05, 4.69) is 38.1 Å². The molecule has 0 saturated carbocycles. The first kappa shape index (κ1) is 22.1. The third-order valence-electron chi connectivity index (χ3n) is 6.13. The zero-order chi connectivity index (χ0) is 21.8. The van der Waals surface area contributed by atoms with Gasteiger partial charge < -0.3 is 28.4 Å². The molecule has 0 aliphatic carbocycles. The maximum Gasteiger partial charge on any atom is 0.119 e. The molecule has 2 aliphatic heterocycles. The maximum atomic E-state index is 5.89. The number of rotatable bonds is 12. The summed E-state index contributed by atoms with van der Waals surface area (Å²) in [6.45, 7) is 6.91. The summed E-state index contributed by atoms with van der Waals surface area (Å²) >= 11 is 0. The molecule has 4 unspecified atom stereocenters. The molecule has 2 aromatic carbocycles. The Morgan fingerprint density at radius 1 is 0.742 bits per heavy atom. The lowest BCUT2D eigenvalue weighted by atomic mass is 9.78. The molecular formula is C25H32O6. The van der Waals surface area contributed by atoms with E-state index in [1.165, 1.54) is 11.1 Å². The predicted molar refractivity (Wildman–Crippen MR) is 117 cm³/mol. The first-order chi connectivity index (χ1) is 15.0. The highest BCUT2D eigenvalue weighted by Crippen LogP contribution is 2.33. The summed E-state index contributed by atoms with van der Waals surface area (Å²) in [6.07, 6.45) is 0.288. The highest BCUT2D eigenvalue weighted by molar-refractivity contribution is 5.41. The van der Waals surface area contributed by atoms with E-state index in [1.807, 2.05) is 24.3 Å². The van der Waals surface area contributed by atoms with Gasteiger partial charge in [-0.15, -0.1) is 0 Å². The molecule has 0 aromatic heterocycles. The molecule has 2 aromatic rings. The molecule has 0 spiro atoms. The van der Waals surface area contributed by atoms with Gasteiger partial charge in [-0.1, -0.05) is 38.1 Å². The minimum absolute atomic E-state index is 0.0205. The molecule has 0 radical (unpaired) electrons. The lowest BCUT2D eigenvalue weighted by Crippen LogP contribution is -2.26. The van der Waals surface area contributed by atoms with Crippen LogP contribution in [-0.2, 0) is 24.4 Å². The van der Waals surface area contributed by atoms with Crippen molar-refractivity contribution in [1.29, 1.82) is 0 Å². The average molecular weight is 429 g/mol. The fourth-order valence-corrected chi connectivity index (χ4v) is 3.65. The van der Waals surface area contributed by atoms with Gasteiger partial charge >= 0.3 is 0 Å². The predicted octanol–water partition coefficient (Wildman–Crippen LogP) is 3.60. The van der Waals surface area contributed by atoms with Crippen LogP contribution in [0.5, 0.6) is 11.5 Å². The summed E-state index contributed by atoms with van der Waals surface area (Å²) < 4.78 is 33.2. The molecule has 31 heavy (non-hydrogen) atoms. The third-order valence-corrected chi connectivity index (χ3v) is 6.13. The Kier molecular flexibility index (Phi) is 6.82. The van der Waals surface area contributed by atoms with Crippen LogP contribution in [0.4, 0.5) is 0 Å². The normalized spacial score (nSPS) is 21.9. The Balaban J connectivity index is 1.34. The van der Waals surface area contributed by atoms with Crippen molar-refractivity contribution in [1.82, 2.24) is 0 Å². The van der Waals surface area contributed by atoms with Crippen LogP contribution in [0.1, 0.15) is 25.0 Å². The van der Waals surface area contributed by atoms with Gasteiger partial charge in [-0.05, 0) is 35.4 Å². The average Bonchev–Trinajstić information content (AvgIpc) is 3.69. The van der Waals surface area contributed by atoms with Gasteiger partial charge in [0, 0.05) is 19.6 Å². The van der Waals surface area contributed by atoms with Crippen molar-refractivity contribution in [2.75, 3.05) is 40.6 Å². The van der Waals surface area contributed by atoms with E-state index < -0.39 is 0 Å². The first-order valence-electron chi connectivity index (χ1n) is 10.8. The Labute approximate surface area is 184 Å². The lowest BCUT2D eigenvalue weighted by Gasteiger charge is -2.26. The van der Waals surface area contributed by atoms with Gasteiger partial charge in [0.25, 0.3) is 0 Å². The van der Waals surface area contributed by atoms with Crippen LogP contribution in [0, 0.1) is 0 Å². The van der Waals surface area contributed by atoms with E-state index in [0.717, 1.165) is 24.7 Å². The van der Waals surface area contributed by atoms with Gasteiger partial charge in [-0.3, -0.25) is 0 Å². The van der Waals surface area contributed by atoms with Gasteiger partial charge in [-0.2, -0.15) is 0 Å². The fourth-order valence-electron chi connectivity index (χ4n) is 3.65. The Morgan fingerprint density at radius 2 is 1.10 bits per heavy atom. The Bertz CT molecular complexity index is 755. The highest BCUT2D eigenvalue weighted by atomic mass is 16.6. The van der Waals surface area contributed by atoms with Crippen molar-refractivity contribution in [2.45, 2.75) is 43.7 Å². The number of ether oxygens (including phenoxy) is 6. The van der Waals surface area contributed by atoms with E-state index in [0.29, 0.717) is 13.2 Å². The number of benzene rings is 2. The van der Waals surface area contributed by atoms with Crippen LogP contribution in [0.25, 0.3) is 0 Å². The molecule has 0 N–H and O–H groups in total. The topological polar surface area (TPSA) is 62.0 Å². The molecule has 2 saturated heterocycles. The quantitative estimate of drug-likeness (QED) is 0.482. The van der Waals surface area contributed by atoms with E-state index >= 15 is 0 Å². The van der Waals surface area contributed by atoms with Gasteiger partial charge in [-0.25, -0.2) is 0 Å². The van der Waals surface area contributed by atoms with Crippen molar-refractivity contribution in [3.05, 3.63) is 59.7 Å². The zero-order valence-corrected chi connectivity index (χ0v) is 18.7. The largest absolute Gasteiger partial charge is 0.491 e. The second-order valence-electron chi connectivity index (χ2n) is 8.59. The molecule has 6 heteroatoms. The van der Waals surface area contributed by atoms with Crippen LogP contribution in [0.2, 0.25) is 0 Å². The van der Waals surface area contributed by atoms with Crippen LogP contribution in [0.3, 0.4) is 0 Å². The minimum Gasteiger partial charge on any atom is -0.491 e. The van der Waals surface area contributed by atoms with Gasteiger partial charge in [0.1, 0.15) is 49.1 Å². The maximum absolute atomic E-state index is 5.89. The fraction of sp³-hybridized carbons (Fsp3) is 0.520. The molecule has 2 fully saturated rings. The summed E-state index contributed by atoms with van der Waals surface area (Å²) in [5.41, 5.74) is 2.28. The van der Waals surface area contributed by atoms with Crippen LogP contribution >= 0.6 is 0 Å². The van der Waals surface area contributed by atoms with E-state index in [-0.39, 0.29) is 29.8 Å². The summed E-state index contributed by atoms with van der Waals surface area (Å²) in [5.74, 6) is 1.66. The lowest BCUT2D eigenvalue weighted by molar-refractivity contribution is 0.0373. The zero-order valence-electron chi connectivity index (χ0n) is 18.7. The van der Waals surface area contributed by atoms with Crippen LogP contribution < -0.4 is 9.47 Å². The number of methoxy groups -OCH3 is 2. The molecule has 4 atom stereocenters. The Morgan fingerprint density at radius 3 is 1.39 bits per heavy atom. The highest BCUT2D eigenvalue weighted by Gasteiger charge is 2.34. The van der Waals surface area contributed by atoms with E-state index in [1.54, 1.807) is 14.2 Å². The molecule has 2 aliphatic rings. The molecule has 6 nitrogen and oxygen atoms in total. The SMILES string of the molecule is COC(COc1ccc(C(C)(C)c2ccc(OCC(OC)C3CO3)cc2)cc1)C1CO1. The first-order valence-corrected chi connectivity index (χ1v) is 10.8. The van der Waals surface area contributed by atoms with Gasteiger partial charge in [0.15, 0.2) is 0 Å². The van der Waals surface area contributed by atoms with Crippen molar-refractivity contribution < 1.29 is 28.4 Å².